The molecule has 1 atom stereocenters. The average Bonchev–Trinajstić information content (AvgIpc) is 2.15. The molecule has 2 N–H and O–H groups in total. The molecule has 88 valence electrons. The lowest BCUT2D eigenvalue weighted by atomic mass is 9.69. The predicted molar refractivity (Wildman–Crippen MR) is 58.7 cm³/mol. The van der Waals surface area contributed by atoms with Gasteiger partial charge in [0.25, 0.3) is 0 Å². The topological polar surface area (TPSA) is 57.5 Å². The number of carboxylic acid groups (broad SMARTS) is 1. The number of hydrogen-bond acceptors (Lipinski definition) is 2. The van der Waals surface area contributed by atoms with E-state index in [-0.39, 0.29) is 17.9 Å². The maximum Gasteiger partial charge on any atom is 0.303 e. The number of carbonyl (C=O) groups is 1. The van der Waals surface area contributed by atoms with E-state index in [2.05, 4.69) is 0 Å². The zero-order valence-corrected chi connectivity index (χ0v) is 9.54. The Bertz CT molecular complexity index is 205. The van der Waals surface area contributed by atoms with Crippen LogP contribution in [0.1, 0.15) is 58.3 Å². The molecule has 1 unspecified atom stereocenters. The first kappa shape index (κ1) is 12.5. The molecule has 0 amide bonds. The molecule has 1 aliphatic rings. The van der Waals surface area contributed by atoms with Crippen molar-refractivity contribution in [2.45, 2.75) is 64.4 Å². The molecule has 15 heavy (non-hydrogen) atoms. The Hall–Kier alpha value is -0.570. The van der Waals surface area contributed by atoms with Gasteiger partial charge in [0.2, 0.25) is 0 Å². The quantitative estimate of drug-likeness (QED) is 0.739. The highest BCUT2D eigenvalue weighted by Crippen LogP contribution is 2.43. The Morgan fingerprint density at radius 2 is 1.93 bits per heavy atom. The lowest BCUT2D eigenvalue weighted by molar-refractivity contribution is -0.140. The highest BCUT2D eigenvalue weighted by molar-refractivity contribution is 5.67. The van der Waals surface area contributed by atoms with E-state index in [1.54, 1.807) is 6.92 Å². The van der Waals surface area contributed by atoms with E-state index >= 15 is 0 Å². The van der Waals surface area contributed by atoms with Gasteiger partial charge in [-0.25, -0.2) is 0 Å². The minimum atomic E-state index is -0.692. The second-order valence-electron chi connectivity index (χ2n) is 5.02. The third-order valence-electron chi connectivity index (χ3n) is 3.53. The number of hydrogen-bond donors (Lipinski definition) is 2. The van der Waals surface area contributed by atoms with E-state index in [9.17, 15) is 9.90 Å². The third-order valence-corrected chi connectivity index (χ3v) is 3.53. The van der Waals surface area contributed by atoms with Crippen LogP contribution in [-0.4, -0.2) is 22.3 Å². The molecule has 1 aliphatic carbocycles. The molecule has 1 fully saturated rings. The molecule has 3 nitrogen and oxygen atoms in total. The summed E-state index contributed by atoms with van der Waals surface area (Å²) in [5.74, 6) is -0.692. The van der Waals surface area contributed by atoms with Gasteiger partial charge >= 0.3 is 5.97 Å². The third kappa shape index (κ3) is 4.20. The summed E-state index contributed by atoms with van der Waals surface area (Å²) in [6.45, 7) is 1.78. The number of rotatable bonds is 5. The zero-order chi connectivity index (χ0) is 11.3. The van der Waals surface area contributed by atoms with E-state index in [4.69, 9.17) is 5.11 Å². The Morgan fingerprint density at radius 1 is 1.33 bits per heavy atom. The van der Waals surface area contributed by atoms with Crippen molar-refractivity contribution in [1.82, 2.24) is 0 Å². The van der Waals surface area contributed by atoms with Crippen molar-refractivity contribution < 1.29 is 15.0 Å². The van der Waals surface area contributed by atoms with Gasteiger partial charge in [-0.15, -0.1) is 0 Å². The number of aliphatic carboxylic acids is 1. The van der Waals surface area contributed by atoms with Gasteiger partial charge in [0, 0.05) is 0 Å². The van der Waals surface area contributed by atoms with Crippen molar-refractivity contribution in [3.05, 3.63) is 0 Å². The molecule has 0 bridgehead atoms. The van der Waals surface area contributed by atoms with Gasteiger partial charge in [0.15, 0.2) is 0 Å². The summed E-state index contributed by atoms with van der Waals surface area (Å²) in [4.78, 5) is 10.9. The molecule has 0 radical (unpaired) electrons. The molecule has 1 saturated carbocycles. The van der Waals surface area contributed by atoms with Crippen molar-refractivity contribution >= 4 is 5.97 Å². The van der Waals surface area contributed by atoms with Gasteiger partial charge in [0.05, 0.1) is 12.5 Å². The van der Waals surface area contributed by atoms with Crippen LogP contribution in [0.15, 0.2) is 0 Å². The fourth-order valence-electron chi connectivity index (χ4n) is 2.65. The summed E-state index contributed by atoms with van der Waals surface area (Å²) in [5.41, 5.74) is -0.0267. The fraction of sp³-hybridized carbons (Fsp3) is 0.917. The Kier molecular flexibility index (Phi) is 4.58. The van der Waals surface area contributed by atoms with Crippen molar-refractivity contribution in [2.75, 3.05) is 0 Å². The monoisotopic (exact) mass is 214 g/mol. The first-order valence-electron chi connectivity index (χ1n) is 5.94. The molecular formula is C12H22O3. The number of aliphatic hydroxyl groups is 1. The number of aliphatic hydroxyl groups excluding tert-OH is 1. The van der Waals surface area contributed by atoms with E-state index < -0.39 is 5.97 Å². The molecule has 0 aromatic rings. The van der Waals surface area contributed by atoms with Crippen LogP contribution in [0.4, 0.5) is 0 Å². The van der Waals surface area contributed by atoms with Crippen molar-refractivity contribution in [3.63, 3.8) is 0 Å². The Morgan fingerprint density at radius 3 is 2.40 bits per heavy atom. The summed E-state index contributed by atoms with van der Waals surface area (Å²) in [6.07, 6.45) is 7.12. The summed E-state index contributed by atoms with van der Waals surface area (Å²) in [6, 6.07) is 0. The maximum absolute atomic E-state index is 10.9. The predicted octanol–water partition coefficient (Wildman–Crippen LogP) is 2.57. The summed E-state index contributed by atoms with van der Waals surface area (Å²) >= 11 is 0. The molecule has 0 aromatic carbocycles. The van der Waals surface area contributed by atoms with Gasteiger partial charge < -0.3 is 10.2 Å². The van der Waals surface area contributed by atoms with Crippen molar-refractivity contribution in [3.8, 4) is 0 Å². The van der Waals surface area contributed by atoms with Crippen LogP contribution in [0.5, 0.6) is 0 Å². The standard InChI is InChI=1S/C12H22O3/c1-10(13)5-8-12(9-11(14)15)6-3-2-4-7-12/h10,13H,2-9H2,1H3,(H,14,15). The minimum Gasteiger partial charge on any atom is -0.481 e. The van der Waals surface area contributed by atoms with Crippen LogP contribution in [-0.2, 0) is 4.79 Å². The largest absolute Gasteiger partial charge is 0.481 e. The smallest absolute Gasteiger partial charge is 0.303 e. The van der Waals surface area contributed by atoms with Crippen LogP contribution >= 0.6 is 0 Å². The normalized spacial score (nSPS) is 22.3. The van der Waals surface area contributed by atoms with Gasteiger partial charge in [-0.3, -0.25) is 4.79 Å². The zero-order valence-electron chi connectivity index (χ0n) is 9.54. The molecule has 0 saturated heterocycles. The van der Waals surface area contributed by atoms with E-state index in [1.807, 2.05) is 0 Å². The molecule has 0 spiro atoms. The molecule has 0 aromatic heterocycles. The van der Waals surface area contributed by atoms with Crippen LogP contribution in [0.2, 0.25) is 0 Å². The maximum atomic E-state index is 10.9. The average molecular weight is 214 g/mol. The number of carboxylic acids is 1. The minimum absolute atomic E-state index is 0.0267. The fourth-order valence-corrected chi connectivity index (χ4v) is 2.65. The molecular weight excluding hydrogens is 192 g/mol. The Labute approximate surface area is 91.5 Å². The summed E-state index contributed by atoms with van der Waals surface area (Å²) in [5, 5.41) is 18.2. The molecule has 3 heteroatoms. The highest BCUT2D eigenvalue weighted by Gasteiger charge is 2.34. The second kappa shape index (κ2) is 5.50. The second-order valence-corrected chi connectivity index (χ2v) is 5.02. The van der Waals surface area contributed by atoms with Crippen molar-refractivity contribution in [1.29, 1.82) is 0 Å². The van der Waals surface area contributed by atoms with Crippen LogP contribution < -0.4 is 0 Å². The molecule has 0 heterocycles. The van der Waals surface area contributed by atoms with Crippen LogP contribution in [0.3, 0.4) is 0 Å². The summed E-state index contributed by atoms with van der Waals surface area (Å²) < 4.78 is 0. The first-order valence-corrected chi connectivity index (χ1v) is 5.94. The van der Waals surface area contributed by atoms with Gasteiger partial charge in [-0.2, -0.15) is 0 Å². The van der Waals surface area contributed by atoms with Crippen LogP contribution in [0, 0.1) is 5.41 Å². The first-order chi connectivity index (χ1) is 7.04. The van der Waals surface area contributed by atoms with Crippen LogP contribution in [0.25, 0.3) is 0 Å². The van der Waals surface area contributed by atoms with Gasteiger partial charge in [-0.05, 0) is 38.0 Å². The van der Waals surface area contributed by atoms with E-state index in [0.29, 0.717) is 0 Å². The van der Waals surface area contributed by atoms with E-state index in [1.165, 1.54) is 6.42 Å². The van der Waals surface area contributed by atoms with Crippen molar-refractivity contribution in [2.24, 2.45) is 5.41 Å². The SMILES string of the molecule is CC(O)CCC1(CC(=O)O)CCCCC1. The molecule has 1 rings (SSSR count). The summed E-state index contributed by atoms with van der Waals surface area (Å²) in [7, 11) is 0. The van der Waals surface area contributed by atoms with Gasteiger partial charge in [0.1, 0.15) is 0 Å². The lowest BCUT2D eigenvalue weighted by Gasteiger charge is -2.36. The lowest BCUT2D eigenvalue weighted by Crippen LogP contribution is -2.28. The van der Waals surface area contributed by atoms with E-state index in [0.717, 1.165) is 38.5 Å². The van der Waals surface area contributed by atoms with Gasteiger partial charge in [-0.1, -0.05) is 19.3 Å². The molecule has 0 aliphatic heterocycles. The highest BCUT2D eigenvalue weighted by atomic mass is 16.4. The Balaban J connectivity index is 2.53.